The average molecular weight is 435 g/mol. The summed E-state index contributed by atoms with van der Waals surface area (Å²) in [5.41, 5.74) is 7.01. The third-order valence-electron chi connectivity index (χ3n) is 4.44. The Balaban J connectivity index is 0.00000364. The van der Waals surface area contributed by atoms with E-state index in [1.165, 1.54) is 5.56 Å². The minimum Gasteiger partial charge on any atom is -0.374 e. The number of hydrogen-bond acceptors (Lipinski definition) is 5. The van der Waals surface area contributed by atoms with Gasteiger partial charge in [-0.2, -0.15) is 0 Å². The van der Waals surface area contributed by atoms with Crippen molar-refractivity contribution in [3.63, 3.8) is 0 Å². The van der Waals surface area contributed by atoms with Crippen molar-refractivity contribution in [3.05, 3.63) is 35.9 Å². The lowest BCUT2D eigenvalue weighted by molar-refractivity contribution is -0.127. The van der Waals surface area contributed by atoms with Crippen LogP contribution in [0.2, 0.25) is 0 Å². The van der Waals surface area contributed by atoms with Gasteiger partial charge in [0.1, 0.15) is 0 Å². The van der Waals surface area contributed by atoms with E-state index in [1.54, 1.807) is 0 Å². The number of nitrogens with two attached hydrogens (primary N) is 1. The molecule has 1 unspecified atom stereocenters. The fraction of sp³-hybridized carbons (Fsp3) is 0.579. The van der Waals surface area contributed by atoms with E-state index in [0.717, 1.165) is 19.6 Å². The third-order valence-corrected chi connectivity index (χ3v) is 4.44. The van der Waals surface area contributed by atoms with Gasteiger partial charge >= 0.3 is 0 Å². The summed E-state index contributed by atoms with van der Waals surface area (Å²) in [6, 6.07) is 9.69. The predicted molar refractivity (Wildman–Crippen MR) is 115 cm³/mol. The van der Waals surface area contributed by atoms with Gasteiger partial charge in [0.25, 0.3) is 0 Å². The molecule has 160 valence electrons. The molecule has 0 aromatic heterocycles. The van der Waals surface area contributed by atoms with Crippen molar-refractivity contribution < 1.29 is 14.3 Å². The van der Waals surface area contributed by atoms with Crippen molar-refractivity contribution in [3.8, 4) is 0 Å². The first-order chi connectivity index (χ1) is 12.5. The first-order valence-corrected chi connectivity index (χ1v) is 9.13. The van der Waals surface area contributed by atoms with Gasteiger partial charge in [0.15, 0.2) is 0 Å². The zero-order valence-electron chi connectivity index (χ0n) is 16.4. The summed E-state index contributed by atoms with van der Waals surface area (Å²) in [5.74, 6) is -0.513. The molecule has 1 aromatic rings. The van der Waals surface area contributed by atoms with E-state index in [2.05, 4.69) is 27.7 Å². The highest BCUT2D eigenvalue weighted by atomic mass is 35.5. The molecule has 1 heterocycles. The molecule has 2 rings (SSSR count). The Bertz CT molecular complexity index is 590. The standard InChI is InChI=1S/C19H30N4O3.2ClH/c1-14(2)18(20)19(25)22-11-17(24)21-10-16-13-23(8-9-26-16)12-15-6-4-3-5-7-15;;/h3-7,14,16,18H,8-13,20H2,1-2H3,(H,21,24)(H,22,25);2*1H/t16?,18-;;/m0../s1. The SMILES string of the molecule is CC(C)[C@H](N)C(=O)NCC(=O)NCC1CN(Cc2ccccc2)CCO1.Cl.Cl. The zero-order valence-corrected chi connectivity index (χ0v) is 18.1. The maximum absolute atomic E-state index is 11.9. The van der Waals surface area contributed by atoms with Gasteiger partial charge in [0.2, 0.25) is 11.8 Å². The Kier molecular flexibility index (Phi) is 13.1. The monoisotopic (exact) mass is 434 g/mol. The van der Waals surface area contributed by atoms with Crippen LogP contribution >= 0.6 is 24.8 Å². The highest BCUT2D eigenvalue weighted by Gasteiger charge is 2.22. The fourth-order valence-electron chi connectivity index (χ4n) is 2.77. The number of morpholine rings is 1. The van der Waals surface area contributed by atoms with E-state index in [-0.39, 0.29) is 55.2 Å². The Labute approximate surface area is 179 Å². The van der Waals surface area contributed by atoms with Crippen LogP contribution in [0.15, 0.2) is 30.3 Å². The van der Waals surface area contributed by atoms with Crippen molar-refractivity contribution in [2.45, 2.75) is 32.5 Å². The Hall–Kier alpha value is -1.38. The lowest BCUT2D eigenvalue weighted by atomic mass is 10.1. The fourth-order valence-corrected chi connectivity index (χ4v) is 2.77. The molecule has 1 fully saturated rings. The van der Waals surface area contributed by atoms with Gasteiger partial charge in [-0.15, -0.1) is 24.8 Å². The van der Waals surface area contributed by atoms with Crippen molar-refractivity contribution in [2.24, 2.45) is 11.7 Å². The number of benzene rings is 1. The summed E-state index contributed by atoms with van der Waals surface area (Å²) in [5, 5.41) is 5.38. The highest BCUT2D eigenvalue weighted by Crippen LogP contribution is 2.10. The molecule has 0 aliphatic carbocycles. The van der Waals surface area contributed by atoms with Crippen LogP contribution in [0.3, 0.4) is 0 Å². The second kappa shape index (κ2) is 13.7. The van der Waals surface area contributed by atoms with E-state index < -0.39 is 6.04 Å². The Morgan fingerprint density at radius 3 is 2.54 bits per heavy atom. The second-order valence-electron chi connectivity index (χ2n) is 7.01. The summed E-state index contributed by atoms with van der Waals surface area (Å²) >= 11 is 0. The molecule has 2 amide bonds. The van der Waals surface area contributed by atoms with E-state index in [4.69, 9.17) is 10.5 Å². The summed E-state index contributed by atoms with van der Waals surface area (Å²) in [4.78, 5) is 26.0. The van der Waals surface area contributed by atoms with Crippen LogP contribution in [-0.4, -0.2) is 61.6 Å². The van der Waals surface area contributed by atoms with Crippen molar-refractivity contribution >= 4 is 36.6 Å². The van der Waals surface area contributed by atoms with Gasteiger partial charge in [-0.3, -0.25) is 14.5 Å². The van der Waals surface area contributed by atoms with Crippen molar-refractivity contribution in [2.75, 3.05) is 32.8 Å². The number of nitrogens with zero attached hydrogens (tertiary/aromatic N) is 1. The normalized spacial score (nSPS) is 17.8. The highest BCUT2D eigenvalue weighted by molar-refractivity contribution is 5.87. The number of carbonyl (C=O) groups excluding carboxylic acids is 2. The van der Waals surface area contributed by atoms with E-state index >= 15 is 0 Å². The molecule has 1 aliphatic rings. The quantitative estimate of drug-likeness (QED) is 0.565. The predicted octanol–water partition coefficient (Wildman–Crippen LogP) is 0.947. The molecule has 1 aromatic carbocycles. The number of ether oxygens (including phenoxy) is 1. The van der Waals surface area contributed by atoms with Crippen molar-refractivity contribution in [1.82, 2.24) is 15.5 Å². The largest absolute Gasteiger partial charge is 0.374 e. The summed E-state index contributed by atoms with van der Waals surface area (Å²) in [6.07, 6.45) is -0.0509. The number of halogens is 2. The number of amides is 2. The molecule has 1 saturated heterocycles. The summed E-state index contributed by atoms with van der Waals surface area (Å²) < 4.78 is 5.73. The molecular weight excluding hydrogens is 403 g/mol. The van der Waals surface area contributed by atoms with Crippen LogP contribution < -0.4 is 16.4 Å². The van der Waals surface area contributed by atoms with Crippen LogP contribution in [0.5, 0.6) is 0 Å². The maximum atomic E-state index is 11.9. The number of rotatable bonds is 8. The van der Waals surface area contributed by atoms with Gasteiger partial charge < -0.3 is 21.1 Å². The minimum absolute atomic E-state index is 0. The Morgan fingerprint density at radius 2 is 1.89 bits per heavy atom. The van der Waals surface area contributed by atoms with Gasteiger partial charge in [-0.25, -0.2) is 0 Å². The number of carbonyl (C=O) groups is 2. The molecule has 1 aliphatic heterocycles. The average Bonchev–Trinajstić information content (AvgIpc) is 2.64. The van der Waals surface area contributed by atoms with Crippen LogP contribution in [0, 0.1) is 5.92 Å². The molecule has 0 spiro atoms. The van der Waals surface area contributed by atoms with Crippen LogP contribution in [-0.2, 0) is 20.9 Å². The second-order valence-corrected chi connectivity index (χ2v) is 7.01. The third kappa shape index (κ3) is 9.21. The van der Waals surface area contributed by atoms with Gasteiger partial charge in [-0.1, -0.05) is 44.2 Å². The topological polar surface area (TPSA) is 96.7 Å². The smallest absolute Gasteiger partial charge is 0.239 e. The zero-order chi connectivity index (χ0) is 18.9. The van der Waals surface area contributed by atoms with Crippen LogP contribution in [0.1, 0.15) is 19.4 Å². The van der Waals surface area contributed by atoms with Gasteiger partial charge in [-0.05, 0) is 11.5 Å². The number of nitrogens with one attached hydrogen (secondary N) is 2. The van der Waals surface area contributed by atoms with E-state index in [0.29, 0.717) is 13.2 Å². The maximum Gasteiger partial charge on any atom is 0.239 e. The molecule has 9 heteroatoms. The first-order valence-electron chi connectivity index (χ1n) is 9.13. The first kappa shape index (κ1) is 26.6. The molecule has 0 bridgehead atoms. The van der Waals surface area contributed by atoms with E-state index in [1.807, 2.05) is 32.0 Å². The molecule has 0 saturated carbocycles. The van der Waals surface area contributed by atoms with Crippen LogP contribution in [0.25, 0.3) is 0 Å². The molecule has 28 heavy (non-hydrogen) atoms. The van der Waals surface area contributed by atoms with E-state index in [9.17, 15) is 9.59 Å². The summed E-state index contributed by atoms with van der Waals surface area (Å²) in [7, 11) is 0. The van der Waals surface area contributed by atoms with Gasteiger partial charge in [0.05, 0.1) is 25.3 Å². The lowest BCUT2D eigenvalue weighted by Gasteiger charge is -2.33. The molecule has 4 N–H and O–H groups in total. The minimum atomic E-state index is -0.601. The molecule has 2 atom stereocenters. The van der Waals surface area contributed by atoms with Crippen molar-refractivity contribution in [1.29, 1.82) is 0 Å². The molecule has 0 radical (unpaired) electrons. The Morgan fingerprint density at radius 1 is 1.21 bits per heavy atom. The number of hydrogen-bond donors (Lipinski definition) is 3. The lowest BCUT2D eigenvalue weighted by Crippen LogP contribution is -2.50. The summed E-state index contributed by atoms with van der Waals surface area (Å²) in [6.45, 7) is 7.25. The van der Waals surface area contributed by atoms with Crippen LogP contribution in [0.4, 0.5) is 0 Å². The molecule has 7 nitrogen and oxygen atoms in total. The molecular formula is C19H32Cl2N4O3. The van der Waals surface area contributed by atoms with Gasteiger partial charge in [0, 0.05) is 26.2 Å².